The molecule has 2 aromatic carbocycles. The molecule has 4 N–H and O–H groups in total. The van der Waals surface area contributed by atoms with Crippen molar-refractivity contribution in [2.24, 2.45) is 0 Å². The van der Waals surface area contributed by atoms with Gasteiger partial charge in [0.05, 0.1) is 40.0 Å². The van der Waals surface area contributed by atoms with E-state index in [1.807, 2.05) is 35.2 Å². The number of carboxylic acids is 1. The molecule has 4 aromatic rings. The van der Waals surface area contributed by atoms with Crippen molar-refractivity contribution in [1.29, 1.82) is 5.26 Å². The number of hydrogen-bond acceptors (Lipinski definition) is 9. The summed E-state index contributed by atoms with van der Waals surface area (Å²) in [4.78, 5) is 30.9. The molecule has 41 heavy (non-hydrogen) atoms. The maximum absolute atomic E-state index is 13.2. The summed E-state index contributed by atoms with van der Waals surface area (Å²) in [6.45, 7) is 0.555. The normalized spacial score (nSPS) is 19.7. The number of aromatic nitrogens is 1. The van der Waals surface area contributed by atoms with E-state index in [-0.39, 0.29) is 18.1 Å². The van der Waals surface area contributed by atoms with E-state index in [0.29, 0.717) is 38.7 Å². The fourth-order valence-corrected chi connectivity index (χ4v) is 6.31. The van der Waals surface area contributed by atoms with E-state index < -0.39 is 24.3 Å². The number of carbonyl (C=O) groups is 2. The molecule has 206 valence electrons. The first-order valence-electron chi connectivity index (χ1n) is 12.7. The molecule has 1 fully saturated rings. The van der Waals surface area contributed by atoms with Gasteiger partial charge in [-0.2, -0.15) is 5.26 Å². The Morgan fingerprint density at radius 1 is 1.22 bits per heavy atom. The summed E-state index contributed by atoms with van der Waals surface area (Å²) in [5, 5.41) is 30.9. The number of amides is 1. The number of nitrogens with zero attached hydrogens (tertiary/aromatic N) is 3. The van der Waals surface area contributed by atoms with Gasteiger partial charge in [-0.15, -0.1) is 11.3 Å². The van der Waals surface area contributed by atoms with Crippen LogP contribution in [-0.4, -0.2) is 58.4 Å². The van der Waals surface area contributed by atoms with Crippen LogP contribution in [0, 0.1) is 11.3 Å². The summed E-state index contributed by atoms with van der Waals surface area (Å²) >= 11 is 7.63. The van der Waals surface area contributed by atoms with Gasteiger partial charge in [0.2, 0.25) is 5.91 Å². The number of halogens is 1. The third-order valence-corrected chi connectivity index (χ3v) is 8.19. The second-order valence-electron chi connectivity index (χ2n) is 9.45. The molecule has 6 rings (SSSR count). The lowest BCUT2D eigenvalue weighted by Gasteiger charge is -2.38. The molecule has 3 atom stereocenters. The number of anilines is 1. The van der Waals surface area contributed by atoms with Crippen LogP contribution in [0.2, 0.25) is 5.02 Å². The molecular formula is C29H23ClN6O4S. The monoisotopic (exact) mass is 586 g/mol. The highest BCUT2D eigenvalue weighted by atomic mass is 35.5. The number of ether oxygens (including phenoxy) is 1. The summed E-state index contributed by atoms with van der Waals surface area (Å²) in [5.41, 5.74) is 3.29. The number of nitriles is 1. The molecule has 10 nitrogen and oxygen atoms in total. The second kappa shape index (κ2) is 11.1. The van der Waals surface area contributed by atoms with Crippen LogP contribution in [0.1, 0.15) is 10.4 Å². The molecule has 0 aliphatic carbocycles. The number of carboxylic acid groups (broad SMARTS) is 1. The molecule has 0 bridgehead atoms. The zero-order chi connectivity index (χ0) is 28.5. The van der Waals surface area contributed by atoms with Crippen LogP contribution in [-0.2, 0) is 4.79 Å². The van der Waals surface area contributed by atoms with Crippen molar-refractivity contribution in [3.63, 3.8) is 0 Å². The third-order valence-electron chi connectivity index (χ3n) is 6.95. The summed E-state index contributed by atoms with van der Waals surface area (Å²) < 4.78 is 6.90. The predicted molar refractivity (Wildman–Crippen MR) is 156 cm³/mol. The molecule has 2 aliphatic heterocycles. The number of carbonyl (C=O) groups excluding carboxylic acids is 1. The second-order valence-corrected chi connectivity index (χ2v) is 10.8. The number of thiophene rings is 1. The Balaban J connectivity index is 1.18. The lowest BCUT2D eigenvalue weighted by atomic mass is 10.0. The first-order chi connectivity index (χ1) is 19.9. The topological polar surface area (TPSA) is 140 Å². The molecule has 1 saturated heterocycles. The number of fused-ring (bicyclic) bond motifs is 2. The van der Waals surface area contributed by atoms with Crippen LogP contribution in [0.5, 0.6) is 5.75 Å². The van der Waals surface area contributed by atoms with Gasteiger partial charge >= 0.3 is 5.97 Å². The van der Waals surface area contributed by atoms with E-state index >= 15 is 0 Å². The largest absolute Gasteiger partial charge is 0.491 e. The molecule has 0 radical (unpaired) electrons. The van der Waals surface area contributed by atoms with Gasteiger partial charge in [0, 0.05) is 39.6 Å². The lowest BCUT2D eigenvalue weighted by Crippen LogP contribution is -2.68. The van der Waals surface area contributed by atoms with Gasteiger partial charge in [0.1, 0.15) is 18.4 Å². The zero-order valence-corrected chi connectivity index (χ0v) is 22.9. The number of nitrogens with one attached hydrogen (secondary N) is 3. The van der Waals surface area contributed by atoms with Crippen LogP contribution in [0.15, 0.2) is 77.9 Å². The fraction of sp³-hybridized carbons (Fsp3) is 0.172. The van der Waals surface area contributed by atoms with Crippen LogP contribution in [0.25, 0.3) is 21.3 Å². The highest BCUT2D eigenvalue weighted by Crippen LogP contribution is 2.39. The van der Waals surface area contributed by atoms with Crippen molar-refractivity contribution in [3.8, 4) is 22.9 Å². The van der Waals surface area contributed by atoms with Crippen molar-refractivity contribution < 1.29 is 19.4 Å². The Kier molecular flexibility index (Phi) is 7.19. The average molecular weight is 587 g/mol. The summed E-state index contributed by atoms with van der Waals surface area (Å²) in [6.07, 6.45) is 2.73. The van der Waals surface area contributed by atoms with E-state index in [2.05, 4.69) is 27.0 Å². The van der Waals surface area contributed by atoms with Crippen LogP contribution in [0.3, 0.4) is 0 Å². The van der Waals surface area contributed by atoms with Gasteiger partial charge < -0.3 is 25.4 Å². The number of hydrogen-bond donors (Lipinski definition) is 4. The van der Waals surface area contributed by atoms with E-state index in [9.17, 15) is 20.0 Å². The smallest absolute Gasteiger partial charge is 0.338 e. The van der Waals surface area contributed by atoms with E-state index in [1.165, 1.54) is 11.3 Å². The number of pyridine rings is 1. The zero-order valence-electron chi connectivity index (χ0n) is 21.4. The number of rotatable bonds is 8. The first kappa shape index (κ1) is 26.6. The number of benzene rings is 2. The van der Waals surface area contributed by atoms with E-state index in [0.717, 1.165) is 11.3 Å². The lowest BCUT2D eigenvalue weighted by molar-refractivity contribution is -0.128. The quantitative estimate of drug-likeness (QED) is 0.238. The van der Waals surface area contributed by atoms with Gasteiger partial charge in [-0.25, -0.2) is 4.79 Å². The molecule has 12 heteroatoms. The maximum atomic E-state index is 13.2. The van der Waals surface area contributed by atoms with Gasteiger partial charge in [0.15, 0.2) is 6.29 Å². The summed E-state index contributed by atoms with van der Waals surface area (Å²) in [7, 11) is 0. The summed E-state index contributed by atoms with van der Waals surface area (Å²) in [6, 6.07) is 17.7. The van der Waals surface area contributed by atoms with E-state index in [1.54, 1.807) is 42.0 Å². The predicted octanol–water partition coefficient (Wildman–Crippen LogP) is 4.27. The van der Waals surface area contributed by atoms with Crippen LogP contribution in [0.4, 0.5) is 5.69 Å². The van der Waals surface area contributed by atoms with Crippen molar-refractivity contribution in [1.82, 2.24) is 20.5 Å². The molecule has 4 heterocycles. The van der Waals surface area contributed by atoms with Gasteiger partial charge in [0.25, 0.3) is 0 Å². The van der Waals surface area contributed by atoms with Crippen LogP contribution < -0.4 is 20.7 Å². The molecular weight excluding hydrogens is 564 g/mol. The Morgan fingerprint density at radius 3 is 2.83 bits per heavy atom. The Labute approximate surface area is 243 Å². The van der Waals surface area contributed by atoms with Crippen LogP contribution >= 0.6 is 22.9 Å². The highest BCUT2D eigenvalue weighted by Gasteiger charge is 2.45. The molecule has 0 saturated carbocycles. The Bertz CT molecular complexity index is 1720. The third kappa shape index (κ3) is 5.16. The molecule has 3 unspecified atom stereocenters. The standard InChI is InChI=1S/C29H23ClN6O4S/c30-17-6-7-22(20(12-17)19-8-9-32-24-21(28(38)39)15-41-26(19)24)40-11-10-36-14-16(13-31)23-25(36)27(37)35-29(34-23)33-18-4-2-1-3-5-18/h1-9,12,14-15,23,25,29,33-34H,10-11H2,(H,35,37)(H,38,39). The van der Waals surface area contributed by atoms with Crippen molar-refractivity contribution in [2.45, 2.75) is 18.4 Å². The molecule has 0 spiro atoms. The minimum atomic E-state index is -1.04. The SMILES string of the molecule is N#CC1=CN(CCOc2ccc(Cl)cc2-c2ccnc3c(C(=O)O)csc23)C2C(=O)NC(Nc3ccccc3)NC12. The van der Waals surface area contributed by atoms with Gasteiger partial charge in [-0.1, -0.05) is 29.8 Å². The van der Waals surface area contributed by atoms with Crippen molar-refractivity contribution in [2.75, 3.05) is 18.5 Å². The van der Waals surface area contributed by atoms with Crippen molar-refractivity contribution >= 4 is 50.7 Å². The van der Waals surface area contributed by atoms with Gasteiger partial charge in [-0.3, -0.25) is 15.1 Å². The van der Waals surface area contributed by atoms with Gasteiger partial charge in [-0.05, 0) is 36.4 Å². The first-order valence-corrected chi connectivity index (χ1v) is 14.0. The average Bonchev–Trinajstić information content (AvgIpc) is 3.56. The van der Waals surface area contributed by atoms with Crippen molar-refractivity contribution in [3.05, 3.63) is 88.5 Å². The van der Waals surface area contributed by atoms with E-state index in [4.69, 9.17) is 16.3 Å². The Morgan fingerprint density at radius 2 is 2.05 bits per heavy atom. The molecule has 2 aromatic heterocycles. The molecule has 1 amide bonds. The number of aromatic carboxylic acids is 1. The number of para-hydroxylation sites is 1. The highest BCUT2D eigenvalue weighted by molar-refractivity contribution is 7.18. The fourth-order valence-electron chi connectivity index (χ4n) is 5.11. The Hall–Kier alpha value is -4.63. The summed E-state index contributed by atoms with van der Waals surface area (Å²) in [5.74, 6) is -0.701. The minimum Gasteiger partial charge on any atom is -0.491 e. The molecule has 2 aliphatic rings. The minimum absolute atomic E-state index is 0.139. The maximum Gasteiger partial charge on any atom is 0.338 e.